The molecule has 2 nitrogen and oxygen atoms in total. The van der Waals surface area contributed by atoms with E-state index in [1.807, 2.05) is 0 Å². The second-order valence-electron chi connectivity index (χ2n) is 5.20. The highest BCUT2D eigenvalue weighted by molar-refractivity contribution is 9.09. The molecule has 1 aromatic rings. The summed E-state index contributed by atoms with van der Waals surface area (Å²) in [5, 5.41) is 0. The standard InChI is InChI=1S/C14H15BrF3NO/c1-19(8-9-6-12(15)7-9)13(20)10-2-4-11(5-3-10)14(16,17)18/h2-5,9,12H,6-8H2,1H3. The highest BCUT2D eigenvalue weighted by Crippen LogP contribution is 2.34. The van der Waals surface area contributed by atoms with Crippen LogP contribution in [-0.2, 0) is 6.18 Å². The molecule has 0 N–H and O–H groups in total. The second kappa shape index (κ2) is 5.76. The summed E-state index contributed by atoms with van der Waals surface area (Å²) in [5.74, 6) is 0.236. The Hall–Kier alpha value is -1.04. The van der Waals surface area contributed by atoms with Crippen molar-refractivity contribution >= 4 is 21.8 Å². The van der Waals surface area contributed by atoms with Gasteiger partial charge in [0.25, 0.3) is 5.91 Å². The molecule has 0 radical (unpaired) electrons. The topological polar surface area (TPSA) is 20.3 Å². The monoisotopic (exact) mass is 349 g/mol. The number of carbonyl (C=O) groups is 1. The molecule has 2 rings (SSSR count). The normalized spacial score (nSPS) is 22.2. The Bertz CT molecular complexity index is 480. The summed E-state index contributed by atoms with van der Waals surface area (Å²) in [4.78, 5) is 14.2. The van der Waals surface area contributed by atoms with Crippen molar-refractivity contribution in [3.8, 4) is 0 Å². The first-order valence-corrected chi connectivity index (χ1v) is 7.25. The summed E-state index contributed by atoms with van der Waals surface area (Å²) >= 11 is 3.49. The van der Waals surface area contributed by atoms with E-state index in [0.29, 0.717) is 17.3 Å². The molecule has 0 unspecified atom stereocenters. The molecule has 1 amide bonds. The van der Waals surface area contributed by atoms with Gasteiger partial charge in [-0.3, -0.25) is 4.79 Å². The van der Waals surface area contributed by atoms with Gasteiger partial charge in [-0.15, -0.1) is 0 Å². The third-order valence-electron chi connectivity index (χ3n) is 3.52. The van der Waals surface area contributed by atoms with Gasteiger partial charge >= 0.3 is 6.18 Å². The van der Waals surface area contributed by atoms with Crippen LogP contribution < -0.4 is 0 Å². The van der Waals surface area contributed by atoms with Crippen molar-refractivity contribution in [1.29, 1.82) is 0 Å². The minimum Gasteiger partial charge on any atom is -0.341 e. The lowest BCUT2D eigenvalue weighted by Crippen LogP contribution is -2.37. The largest absolute Gasteiger partial charge is 0.416 e. The highest BCUT2D eigenvalue weighted by atomic mass is 79.9. The Morgan fingerprint density at radius 3 is 2.30 bits per heavy atom. The first kappa shape index (κ1) is 15.4. The van der Waals surface area contributed by atoms with Gasteiger partial charge in [0, 0.05) is 24.0 Å². The van der Waals surface area contributed by atoms with E-state index in [-0.39, 0.29) is 11.5 Å². The van der Waals surface area contributed by atoms with E-state index in [1.54, 1.807) is 11.9 Å². The summed E-state index contributed by atoms with van der Waals surface area (Å²) in [6, 6.07) is 4.35. The molecule has 0 spiro atoms. The van der Waals surface area contributed by atoms with Crippen molar-refractivity contribution < 1.29 is 18.0 Å². The summed E-state index contributed by atoms with van der Waals surface area (Å²) < 4.78 is 37.3. The fourth-order valence-electron chi connectivity index (χ4n) is 2.30. The van der Waals surface area contributed by atoms with Crippen LogP contribution >= 0.6 is 15.9 Å². The molecule has 0 aliphatic heterocycles. The van der Waals surface area contributed by atoms with Crippen LogP contribution in [-0.4, -0.2) is 29.2 Å². The molecule has 0 heterocycles. The summed E-state index contributed by atoms with van der Waals surface area (Å²) in [6.07, 6.45) is -2.31. The quantitative estimate of drug-likeness (QED) is 0.756. The third-order valence-corrected chi connectivity index (χ3v) is 4.26. The number of hydrogen-bond acceptors (Lipinski definition) is 1. The van der Waals surface area contributed by atoms with Gasteiger partial charge in [-0.2, -0.15) is 13.2 Å². The molecular weight excluding hydrogens is 335 g/mol. The number of benzene rings is 1. The minimum atomic E-state index is -4.37. The van der Waals surface area contributed by atoms with Gasteiger partial charge in [-0.25, -0.2) is 0 Å². The lowest BCUT2D eigenvalue weighted by Gasteiger charge is -2.34. The molecule has 1 saturated carbocycles. The van der Waals surface area contributed by atoms with E-state index < -0.39 is 11.7 Å². The number of nitrogens with zero attached hydrogens (tertiary/aromatic N) is 1. The van der Waals surface area contributed by atoms with Crippen molar-refractivity contribution in [2.45, 2.75) is 23.8 Å². The van der Waals surface area contributed by atoms with Crippen molar-refractivity contribution in [2.75, 3.05) is 13.6 Å². The molecule has 0 atom stereocenters. The number of carbonyl (C=O) groups excluding carboxylic acids is 1. The lowest BCUT2D eigenvalue weighted by atomic mass is 9.85. The van der Waals surface area contributed by atoms with Crippen LogP contribution in [0.15, 0.2) is 24.3 Å². The molecular formula is C14H15BrF3NO. The Kier molecular flexibility index (Phi) is 4.42. The van der Waals surface area contributed by atoms with Crippen molar-refractivity contribution in [3.05, 3.63) is 35.4 Å². The van der Waals surface area contributed by atoms with Crippen LogP contribution in [0.4, 0.5) is 13.2 Å². The molecule has 1 aliphatic rings. The molecule has 20 heavy (non-hydrogen) atoms. The smallest absolute Gasteiger partial charge is 0.341 e. The van der Waals surface area contributed by atoms with Crippen LogP contribution in [0.5, 0.6) is 0 Å². The van der Waals surface area contributed by atoms with Crippen LogP contribution in [0, 0.1) is 5.92 Å². The lowest BCUT2D eigenvalue weighted by molar-refractivity contribution is -0.137. The van der Waals surface area contributed by atoms with Gasteiger partial charge in [0.2, 0.25) is 0 Å². The third kappa shape index (κ3) is 3.53. The summed E-state index contributed by atoms with van der Waals surface area (Å²) in [6.45, 7) is 0.641. The number of halogens is 4. The van der Waals surface area contributed by atoms with E-state index in [4.69, 9.17) is 0 Å². The molecule has 1 fully saturated rings. The van der Waals surface area contributed by atoms with Crippen molar-refractivity contribution in [1.82, 2.24) is 4.90 Å². The van der Waals surface area contributed by atoms with E-state index in [2.05, 4.69) is 15.9 Å². The Balaban J connectivity index is 1.98. The molecule has 6 heteroatoms. The fraction of sp³-hybridized carbons (Fsp3) is 0.500. The number of rotatable bonds is 3. The highest BCUT2D eigenvalue weighted by Gasteiger charge is 2.31. The average molecular weight is 350 g/mol. The van der Waals surface area contributed by atoms with E-state index in [1.165, 1.54) is 12.1 Å². The molecule has 1 aliphatic carbocycles. The fourth-order valence-corrected chi connectivity index (χ4v) is 3.35. The first-order valence-electron chi connectivity index (χ1n) is 6.34. The predicted octanol–water partition coefficient (Wildman–Crippen LogP) is 3.95. The zero-order valence-electron chi connectivity index (χ0n) is 11.0. The van der Waals surface area contributed by atoms with Gasteiger partial charge in [-0.05, 0) is 43.0 Å². The van der Waals surface area contributed by atoms with Crippen molar-refractivity contribution in [3.63, 3.8) is 0 Å². The summed E-state index contributed by atoms with van der Waals surface area (Å²) in [5.41, 5.74) is -0.451. The van der Waals surface area contributed by atoms with Gasteiger partial charge in [0.15, 0.2) is 0 Å². The summed E-state index contributed by atoms with van der Waals surface area (Å²) in [7, 11) is 1.68. The molecule has 1 aromatic carbocycles. The molecule has 0 bridgehead atoms. The average Bonchev–Trinajstić information content (AvgIpc) is 2.35. The Morgan fingerprint density at radius 2 is 1.85 bits per heavy atom. The Morgan fingerprint density at radius 1 is 1.30 bits per heavy atom. The van der Waals surface area contributed by atoms with E-state index in [0.717, 1.165) is 25.0 Å². The maximum atomic E-state index is 12.4. The van der Waals surface area contributed by atoms with Crippen LogP contribution in [0.3, 0.4) is 0 Å². The van der Waals surface area contributed by atoms with Crippen LogP contribution in [0.1, 0.15) is 28.8 Å². The van der Waals surface area contributed by atoms with E-state index >= 15 is 0 Å². The van der Waals surface area contributed by atoms with Crippen LogP contribution in [0.25, 0.3) is 0 Å². The molecule has 110 valence electrons. The number of alkyl halides is 4. The maximum Gasteiger partial charge on any atom is 0.416 e. The van der Waals surface area contributed by atoms with Crippen molar-refractivity contribution in [2.24, 2.45) is 5.92 Å². The number of amides is 1. The zero-order chi connectivity index (χ0) is 14.9. The maximum absolute atomic E-state index is 12.4. The zero-order valence-corrected chi connectivity index (χ0v) is 12.5. The van der Waals surface area contributed by atoms with Crippen LogP contribution in [0.2, 0.25) is 0 Å². The predicted molar refractivity (Wildman–Crippen MR) is 73.8 cm³/mol. The second-order valence-corrected chi connectivity index (χ2v) is 6.49. The Labute approximate surface area is 124 Å². The van der Waals surface area contributed by atoms with Gasteiger partial charge < -0.3 is 4.90 Å². The van der Waals surface area contributed by atoms with Gasteiger partial charge in [-0.1, -0.05) is 15.9 Å². The molecule has 0 aromatic heterocycles. The number of hydrogen-bond donors (Lipinski definition) is 0. The van der Waals surface area contributed by atoms with Gasteiger partial charge in [0.05, 0.1) is 5.56 Å². The SMILES string of the molecule is CN(CC1CC(Br)C1)C(=O)c1ccc(C(F)(F)F)cc1. The van der Waals surface area contributed by atoms with E-state index in [9.17, 15) is 18.0 Å². The van der Waals surface area contributed by atoms with Gasteiger partial charge in [0.1, 0.15) is 0 Å². The molecule has 0 saturated heterocycles. The minimum absolute atomic E-state index is 0.239. The first-order chi connectivity index (χ1) is 9.27.